The quantitative estimate of drug-likeness (QED) is 0.796. The van der Waals surface area contributed by atoms with E-state index in [9.17, 15) is 14.4 Å². The first kappa shape index (κ1) is 19.4. The predicted molar refractivity (Wildman–Crippen MR) is 108 cm³/mol. The maximum atomic E-state index is 13.0. The lowest BCUT2D eigenvalue weighted by molar-refractivity contribution is -0.139. The number of carbonyl (C=O) groups excluding carboxylic acids is 2. The van der Waals surface area contributed by atoms with E-state index in [0.717, 1.165) is 24.8 Å². The van der Waals surface area contributed by atoms with Gasteiger partial charge in [0.05, 0.1) is 0 Å². The van der Waals surface area contributed by atoms with Crippen LogP contribution in [0.3, 0.4) is 0 Å². The topological polar surface area (TPSA) is 75.5 Å². The van der Waals surface area contributed by atoms with Crippen molar-refractivity contribution < 1.29 is 9.59 Å². The minimum atomic E-state index is -0.187. The number of carbonyl (C=O) groups is 2. The number of hydrogen-bond acceptors (Lipinski definition) is 4. The molecule has 1 spiro atoms. The van der Waals surface area contributed by atoms with Crippen LogP contribution in [0.2, 0.25) is 0 Å². The van der Waals surface area contributed by atoms with Gasteiger partial charge >= 0.3 is 0 Å². The van der Waals surface area contributed by atoms with E-state index in [4.69, 9.17) is 0 Å². The molecule has 2 aliphatic rings. The van der Waals surface area contributed by atoms with Crippen LogP contribution in [-0.4, -0.2) is 50.8 Å². The molecule has 0 unspecified atom stereocenters. The molecule has 2 aromatic heterocycles. The van der Waals surface area contributed by atoms with Gasteiger partial charge in [0, 0.05) is 75.3 Å². The van der Waals surface area contributed by atoms with Crippen LogP contribution in [0.15, 0.2) is 47.7 Å². The van der Waals surface area contributed by atoms with Crippen LogP contribution in [0.5, 0.6) is 0 Å². The molecule has 4 rings (SSSR count). The fourth-order valence-electron chi connectivity index (χ4n) is 4.54. The van der Waals surface area contributed by atoms with Crippen molar-refractivity contribution in [1.82, 2.24) is 19.4 Å². The molecule has 2 saturated heterocycles. The van der Waals surface area contributed by atoms with Gasteiger partial charge in [0.1, 0.15) is 0 Å². The smallest absolute Gasteiger partial charge is 0.254 e. The first-order valence-corrected chi connectivity index (χ1v) is 10.1. The summed E-state index contributed by atoms with van der Waals surface area (Å²) in [5.74, 6) is 0.0620. The largest absolute Gasteiger partial charge is 0.338 e. The van der Waals surface area contributed by atoms with Crippen molar-refractivity contribution in [2.24, 2.45) is 12.5 Å². The zero-order valence-corrected chi connectivity index (χ0v) is 16.7. The van der Waals surface area contributed by atoms with E-state index in [1.54, 1.807) is 31.7 Å². The molecule has 152 valence electrons. The highest BCUT2D eigenvalue weighted by Crippen LogP contribution is 2.39. The SMILES string of the molecule is Cn1ccc(C(=O)N2CCC[C@@]3(CCC(=O)N(Cc4cccnc4)C3)C2)cc1=O. The standard InChI is InChI=1S/C22H26N4O3/c1-24-11-6-18(12-20(24)28)21(29)25-10-3-7-22(15-25)8-5-19(27)26(16-22)14-17-4-2-9-23-13-17/h2,4,6,9,11-13H,3,5,7-8,10,14-16H2,1H3/t22-/m1/s1. The molecule has 29 heavy (non-hydrogen) atoms. The third-order valence-corrected chi connectivity index (χ3v) is 6.14. The molecular weight excluding hydrogens is 368 g/mol. The third-order valence-electron chi connectivity index (χ3n) is 6.14. The Balaban J connectivity index is 1.50. The second-order valence-electron chi connectivity index (χ2n) is 8.31. The lowest BCUT2D eigenvalue weighted by atomic mass is 9.73. The maximum Gasteiger partial charge on any atom is 0.254 e. The van der Waals surface area contributed by atoms with E-state index in [2.05, 4.69) is 4.98 Å². The molecule has 2 amide bonds. The van der Waals surface area contributed by atoms with Gasteiger partial charge in [0.25, 0.3) is 11.5 Å². The molecule has 2 aromatic rings. The molecule has 0 aromatic carbocycles. The molecule has 2 fully saturated rings. The van der Waals surface area contributed by atoms with E-state index < -0.39 is 0 Å². The predicted octanol–water partition coefficient (Wildman–Crippen LogP) is 1.83. The Morgan fingerprint density at radius 1 is 1.21 bits per heavy atom. The summed E-state index contributed by atoms with van der Waals surface area (Å²) in [5.41, 5.74) is 1.18. The normalized spacial score (nSPS) is 22.2. The third kappa shape index (κ3) is 4.09. The number of aryl methyl sites for hydroxylation is 1. The molecule has 0 aliphatic carbocycles. The van der Waals surface area contributed by atoms with Crippen molar-refractivity contribution in [2.75, 3.05) is 19.6 Å². The van der Waals surface area contributed by atoms with Gasteiger partial charge in [-0.25, -0.2) is 0 Å². The van der Waals surface area contributed by atoms with Gasteiger partial charge in [-0.15, -0.1) is 0 Å². The highest BCUT2D eigenvalue weighted by atomic mass is 16.2. The van der Waals surface area contributed by atoms with Crippen LogP contribution in [0.4, 0.5) is 0 Å². The molecule has 0 saturated carbocycles. The first-order chi connectivity index (χ1) is 14.0. The van der Waals surface area contributed by atoms with Crippen molar-refractivity contribution in [2.45, 2.75) is 32.2 Å². The van der Waals surface area contributed by atoms with E-state index in [1.165, 1.54) is 10.6 Å². The van der Waals surface area contributed by atoms with Crippen LogP contribution < -0.4 is 5.56 Å². The average Bonchev–Trinajstić information content (AvgIpc) is 2.73. The van der Waals surface area contributed by atoms with E-state index in [0.29, 0.717) is 38.2 Å². The molecule has 0 bridgehead atoms. The second-order valence-corrected chi connectivity index (χ2v) is 8.31. The Morgan fingerprint density at radius 3 is 2.83 bits per heavy atom. The van der Waals surface area contributed by atoms with E-state index in [1.807, 2.05) is 21.9 Å². The van der Waals surface area contributed by atoms with Crippen molar-refractivity contribution in [3.63, 3.8) is 0 Å². The number of piperidine rings is 2. The average molecular weight is 394 g/mol. The van der Waals surface area contributed by atoms with Gasteiger partial charge in [-0.1, -0.05) is 6.07 Å². The minimum Gasteiger partial charge on any atom is -0.338 e. The molecular formula is C22H26N4O3. The number of aromatic nitrogens is 2. The number of amides is 2. The Kier molecular flexibility index (Phi) is 5.22. The van der Waals surface area contributed by atoms with E-state index in [-0.39, 0.29) is 22.8 Å². The summed E-state index contributed by atoms with van der Waals surface area (Å²) in [5, 5.41) is 0. The van der Waals surface area contributed by atoms with Gasteiger partial charge in [-0.3, -0.25) is 19.4 Å². The molecule has 1 atom stereocenters. The molecule has 0 radical (unpaired) electrons. The fourth-order valence-corrected chi connectivity index (χ4v) is 4.54. The second kappa shape index (κ2) is 7.81. The number of hydrogen-bond donors (Lipinski definition) is 0. The lowest BCUT2D eigenvalue weighted by Crippen LogP contribution is -2.54. The molecule has 0 N–H and O–H groups in total. The number of rotatable bonds is 3. The Hall–Kier alpha value is -2.96. The highest BCUT2D eigenvalue weighted by molar-refractivity contribution is 5.94. The van der Waals surface area contributed by atoms with Gasteiger partial charge in [0.2, 0.25) is 5.91 Å². The lowest BCUT2D eigenvalue weighted by Gasteiger charge is -2.48. The zero-order valence-electron chi connectivity index (χ0n) is 16.7. The van der Waals surface area contributed by atoms with Crippen LogP contribution >= 0.6 is 0 Å². The van der Waals surface area contributed by atoms with Crippen molar-refractivity contribution in [3.8, 4) is 0 Å². The van der Waals surface area contributed by atoms with Crippen LogP contribution in [0.1, 0.15) is 41.6 Å². The van der Waals surface area contributed by atoms with Crippen molar-refractivity contribution in [1.29, 1.82) is 0 Å². The first-order valence-electron chi connectivity index (χ1n) is 10.1. The summed E-state index contributed by atoms with van der Waals surface area (Å²) >= 11 is 0. The van der Waals surface area contributed by atoms with Crippen LogP contribution in [0, 0.1) is 5.41 Å². The van der Waals surface area contributed by atoms with Crippen molar-refractivity contribution in [3.05, 3.63) is 64.3 Å². The summed E-state index contributed by atoms with van der Waals surface area (Å²) in [4.78, 5) is 45.4. The highest BCUT2D eigenvalue weighted by Gasteiger charge is 2.42. The zero-order chi connectivity index (χ0) is 20.4. The number of likely N-dealkylation sites (tertiary alicyclic amines) is 2. The number of pyridine rings is 2. The maximum absolute atomic E-state index is 13.0. The van der Waals surface area contributed by atoms with Gasteiger partial charge in [-0.2, -0.15) is 0 Å². The van der Waals surface area contributed by atoms with Gasteiger partial charge in [-0.05, 0) is 37.0 Å². The van der Waals surface area contributed by atoms with Crippen molar-refractivity contribution >= 4 is 11.8 Å². The fraction of sp³-hybridized carbons (Fsp3) is 0.455. The molecule has 4 heterocycles. The Bertz CT molecular complexity index is 972. The summed E-state index contributed by atoms with van der Waals surface area (Å²) in [6, 6.07) is 6.96. The summed E-state index contributed by atoms with van der Waals surface area (Å²) in [7, 11) is 1.67. The summed E-state index contributed by atoms with van der Waals surface area (Å²) < 4.78 is 1.46. The minimum absolute atomic E-state index is 0.0796. The monoisotopic (exact) mass is 394 g/mol. The van der Waals surface area contributed by atoms with E-state index >= 15 is 0 Å². The Morgan fingerprint density at radius 2 is 2.07 bits per heavy atom. The Labute approximate surface area is 170 Å². The molecule has 7 nitrogen and oxygen atoms in total. The van der Waals surface area contributed by atoms with Crippen LogP contribution in [-0.2, 0) is 18.4 Å². The van der Waals surface area contributed by atoms with Gasteiger partial charge < -0.3 is 14.4 Å². The summed E-state index contributed by atoms with van der Waals surface area (Å²) in [6.45, 7) is 2.52. The van der Waals surface area contributed by atoms with Crippen LogP contribution in [0.25, 0.3) is 0 Å². The molecule has 2 aliphatic heterocycles. The summed E-state index contributed by atoms with van der Waals surface area (Å²) in [6.07, 6.45) is 8.37. The van der Waals surface area contributed by atoms with Gasteiger partial charge in [0.15, 0.2) is 0 Å². The molecule has 7 heteroatoms. The number of nitrogens with zero attached hydrogens (tertiary/aromatic N) is 4.